The average molecular weight is 227 g/mol. The standard InChI is InChI=1S/C8H9N3O5/c9-10-7(15)4-3-5(12)11(8(4)16)2-1-6(13)14/h3,9,12,16H,1-2H2,(H,13,14). The third kappa shape index (κ3) is 2.16. The molecule has 0 saturated heterocycles. The second kappa shape index (κ2) is 4.43. The lowest BCUT2D eigenvalue weighted by molar-refractivity contribution is -0.137. The van der Waals surface area contributed by atoms with Crippen molar-refractivity contribution in [3.8, 4) is 11.8 Å². The smallest absolute Gasteiger partial charge is 0.305 e. The summed E-state index contributed by atoms with van der Waals surface area (Å²) in [6.07, 6.45) is -0.318. The lowest BCUT2D eigenvalue weighted by atomic mass is 10.3. The molecule has 0 aliphatic carbocycles. The van der Waals surface area contributed by atoms with Crippen molar-refractivity contribution in [2.45, 2.75) is 13.0 Å². The van der Waals surface area contributed by atoms with Gasteiger partial charge in [-0.25, -0.2) is 5.53 Å². The van der Waals surface area contributed by atoms with E-state index in [9.17, 15) is 19.8 Å². The molecule has 0 atom stereocenters. The number of aromatic nitrogens is 1. The van der Waals surface area contributed by atoms with Crippen LogP contribution in [0, 0.1) is 5.53 Å². The Hall–Kier alpha value is -2.38. The Bertz CT molecular complexity index is 451. The predicted molar refractivity (Wildman–Crippen MR) is 49.5 cm³/mol. The number of amides is 1. The van der Waals surface area contributed by atoms with Gasteiger partial charge < -0.3 is 15.3 Å². The zero-order valence-electron chi connectivity index (χ0n) is 8.04. The van der Waals surface area contributed by atoms with Gasteiger partial charge in [0.05, 0.1) is 6.42 Å². The van der Waals surface area contributed by atoms with Crippen LogP contribution in [0.2, 0.25) is 0 Å². The third-order valence-electron chi connectivity index (χ3n) is 1.93. The fourth-order valence-corrected chi connectivity index (χ4v) is 1.17. The Morgan fingerprint density at radius 1 is 1.44 bits per heavy atom. The van der Waals surface area contributed by atoms with Gasteiger partial charge in [-0.3, -0.25) is 14.2 Å². The number of carboxylic acid groups (broad SMARTS) is 1. The van der Waals surface area contributed by atoms with Crippen LogP contribution < -0.4 is 0 Å². The highest BCUT2D eigenvalue weighted by Gasteiger charge is 2.19. The number of carbonyl (C=O) groups excluding carboxylic acids is 1. The highest BCUT2D eigenvalue weighted by atomic mass is 16.4. The second-order valence-corrected chi connectivity index (χ2v) is 2.95. The molecule has 1 amide bonds. The van der Waals surface area contributed by atoms with Gasteiger partial charge in [0.2, 0.25) is 5.88 Å². The summed E-state index contributed by atoms with van der Waals surface area (Å²) in [6.45, 7) is -0.182. The summed E-state index contributed by atoms with van der Waals surface area (Å²) in [6, 6.07) is 0.928. The van der Waals surface area contributed by atoms with Gasteiger partial charge in [0, 0.05) is 12.6 Å². The first-order valence-electron chi connectivity index (χ1n) is 4.22. The average Bonchev–Trinajstić information content (AvgIpc) is 2.51. The Balaban J connectivity index is 3.02. The number of nitrogens with zero attached hydrogens (tertiary/aromatic N) is 2. The Labute approximate surface area is 89.3 Å². The summed E-state index contributed by atoms with van der Waals surface area (Å²) in [5.41, 5.74) is 6.14. The van der Waals surface area contributed by atoms with Crippen LogP contribution in [-0.4, -0.2) is 31.8 Å². The van der Waals surface area contributed by atoms with Crippen molar-refractivity contribution >= 4 is 11.9 Å². The summed E-state index contributed by atoms with van der Waals surface area (Å²) in [7, 11) is 0. The van der Waals surface area contributed by atoms with Crippen LogP contribution >= 0.6 is 0 Å². The normalized spacial score (nSPS) is 10.0. The molecule has 0 saturated carbocycles. The number of hydrogen-bond acceptors (Lipinski definition) is 5. The van der Waals surface area contributed by atoms with Crippen molar-refractivity contribution < 1.29 is 24.9 Å². The Morgan fingerprint density at radius 2 is 2.06 bits per heavy atom. The monoisotopic (exact) mass is 227 g/mol. The van der Waals surface area contributed by atoms with Gasteiger partial charge in [0.1, 0.15) is 5.56 Å². The molecule has 86 valence electrons. The fourth-order valence-electron chi connectivity index (χ4n) is 1.17. The number of carbonyl (C=O) groups is 2. The predicted octanol–water partition coefficient (Wildman–Crippen LogP) is 0.545. The fraction of sp³-hybridized carbons (Fsp3) is 0.250. The molecule has 0 fully saturated rings. The first kappa shape index (κ1) is 11.7. The molecule has 0 aliphatic heterocycles. The maximum Gasteiger partial charge on any atom is 0.305 e. The summed E-state index contributed by atoms with van der Waals surface area (Å²) in [5, 5.41) is 29.8. The van der Waals surface area contributed by atoms with E-state index in [4.69, 9.17) is 10.6 Å². The maximum absolute atomic E-state index is 11.0. The highest BCUT2D eigenvalue weighted by molar-refractivity contribution is 5.97. The first-order valence-corrected chi connectivity index (χ1v) is 4.22. The lowest BCUT2D eigenvalue weighted by Crippen LogP contribution is -2.04. The quantitative estimate of drug-likeness (QED) is 0.556. The molecule has 1 rings (SSSR count). The van der Waals surface area contributed by atoms with Crippen LogP contribution in [0.1, 0.15) is 16.8 Å². The van der Waals surface area contributed by atoms with Crippen molar-refractivity contribution in [3.05, 3.63) is 11.6 Å². The number of aliphatic carboxylic acids is 1. The SMILES string of the molecule is N=NC(=O)c1cc(O)n(CCC(=O)O)c1O. The molecule has 1 heterocycles. The molecular weight excluding hydrogens is 218 g/mol. The van der Waals surface area contributed by atoms with Crippen LogP contribution in [0.4, 0.5) is 0 Å². The van der Waals surface area contributed by atoms with Gasteiger partial charge in [-0.15, -0.1) is 5.11 Å². The van der Waals surface area contributed by atoms with Gasteiger partial charge in [-0.2, -0.15) is 0 Å². The summed E-state index contributed by atoms with van der Waals surface area (Å²) >= 11 is 0. The van der Waals surface area contributed by atoms with E-state index in [1.54, 1.807) is 0 Å². The van der Waals surface area contributed by atoms with Crippen LogP contribution in [0.25, 0.3) is 0 Å². The van der Waals surface area contributed by atoms with E-state index in [1.165, 1.54) is 0 Å². The minimum atomic E-state index is -1.11. The molecule has 0 bridgehead atoms. The van der Waals surface area contributed by atoms with E-state index in [-0.39, 0.29) is 18.5 Å². The molecule has 0 radical (unpaired) electrons. The number of nitrogens with one attached hydrogen (secondary N) is 1. The van der Waals surface area contributed by atoms with Gasteiger partial charge in [0.25, 0.3) is 5.91 Å². The molecule has 1 aromatic rings. The minimum absolute atomic E-state index is 0.182. The molecular formula is C8H9N3O5. The minimum Gasteiger partial charge on any atom is -0.494 e. The topological polar surface area (TPSA) is 136 Å². The molecule has 16 heavy (non-hydrogen) atoms. The molecule has 4 N–H and O–H groups in total. The number of aromatic hydroxyl groups is 2. The van der Waals surface area contributed by atoms with E-state index >= 15 is 0 Å². The van der Waals surface area contributed by atoms with E-state index < -0.39 is 23.6 Å². The van der Waals surface area contributed by atoms with Crippen molar-refractivity contribution in [2.24, 2.45) is 5.11 Å². The van der Waals surface area contributed by atoms with Crippen molar-refractivity contribution in [1.82, 2.24) is 4.57 Å². The molecule has 1 aromatic heterocycles. The maximum atomic E-state index is 11.0. The summed E-state index contributed by atoms with van der Waals surface area (Å²) in [4.78, 5) is 21.3. The molecule has 0 aliphatic rings. The second-order valence-electron chi connectivity index (χ2n) is 2.95. The van der Waals surface area contributed by atoms with Gasteiger partial charge >= 0.3 is 5.97 Å². The van der Waals surface area contributed by atoms with Crippen LogP contribution in [0.5, 0.6) is 11.8 Å². The number of hydrogen-bond donors (Lipinski definition) is 4. The highest BCUT2D eigenvalue weighted by Crippen LogP contribution is 2.28. The largest absolute Gasteiger partial charge is 0.494 e. The summed E-state index contributed by atoms with van der Waals surface area (Å²) in [5.74, 6) is -3.17. The van der Waals surface area contributed by atoms with Gasteiger partial charge in [-0.05, 0) is 0 Å². The van der Waals surface area contributed by atoms with Crippen molar-refractivity contribution in [1.29, 1.82) is 5.53 Å². The number of rotatable bonds is 4. The zero-order chi connectivity index (χ0) is 12.3. The number of carboxylic acids is 1. The van der Waals surface area contributed by atoms with E-state index in [1.807, 2.05) is 0 Å². The van der Waals surface area contributed by atoms with Crippen molar-refractivity contribution in [2.75, 3.05) is 0 Å². The Morgan fingerprint density at radius 3 is 2.56 bits per heavy atom. The van der Waals surface area contributed by atoms with Crippen LogP contribution in [0.3, 0.4) is 0 Å². The Kier molecular flexibility index (Phi) is 3.24. The molecule has 0 spiro atoms. The van der Waals surface area contributed by atoms with Gasteiger partial charge in [0.15, 0.2) is 5.88 Å². The van der Waals surface area contributed by atoms with Gasteiger partial charge in [-0.1, -0.05) is 0 Å². The van der Waals surface area contributed by atoms with Crippen LogP contribution in [0.15, 0.2) is 11.2 Å². The third-order valence-corrected chi connectivity index (χ3v) is 1.93. The molecule has 0 unspecified atom stereocenters. The zero-order valence-corrected chi connectivity index (χ0v) is 8.04. The molecule has 0 aromatic carbocycles. The van der Waals surface area contributed by atoms with E-state index in [0.717, 1.165) is 10.6 Å². The van der Waals surface area contributed by atoms with Crippen LogP contribution in [-0.2, 0) is 11.3 Å². The lowest BCUT2D eigenvalue weighted by Gasteiger charge is -2.03. The summed E-state index contributed by atoms with van der Waals surface area (Å²) < 4.78 is 0.854. The van der Waals surface area contributed by atoms with Crippen molar-refractivity contribution in [3.63, 3.8) is 0 Å². The van der Waals surface area contributed by atoms with E-state index in [0.29, 0.717) is 0 Å². The molecule has 8 heteroatoms. The first-order chi connectivity index (χ1) is 7.47. The molecule has 8 nitrogen and oxygen atoms in total. The van der Waals surface area contributed by atoms with E-state index in [2.05, 4.69) is 5.11 Å².